The number of hydrogen-bond donors (Lipinski definition) is 0. The first-order valence-electron chi connectivity index (χ1n) is 10.1. The van der Waals surface area contributed by atoms with E-state index in [0.29, 0.717) is 21.6 Å². The Kier molecular flexibility index (Phi) is 5.41. The molecule has 1 fully saturated rings. The van der Waals surface area contributed by atoms with Gasteiger partial charge >= 0.3 is 7.12 Å². The summed E-state index contributed by atoms with van der Waals surface area (Å²) < 4.78 is 48.9. The summed E-state index contributed by atoms with van der Waals surface area (Å²) in [6, 6.07) is 3.40. The van der Waals surface area contributed by atoms with Gasteiger partial charge in [0.25, 0.3) is 5.92 Å². The van der Waals surface area contributed by atoms with Gasteiger partial charge in [0.05, 0.1) is 11.2 Å². The van der Waals surface area contributed by atoms with E-state index in [1.165, 1.54) is 0 Å². The summed E-state index contributed by atoms with van der Waals surface area (Å²) in [4.78, 5) is 0. The normalized spacial score (nSPS) is 25.4. The Morgan fingerprint density at radius 3 is 2.10 bits per heavy atom. The first kappa shape index (κ1) is 23.2. The van der Waals surface area contributed by atoms with Crippen molar-refractivity contribution in [2.75, 3.05) is 0 Å². The van der Waals surface area contributed by atoms with Crippen molar-refractivity contribution in [1.29, 1.82) is 0 Å². The summed E-state index contributed by atoms with van der Waals surface area (Å²) in [7, 11) is -3.16. The van der Waals surface area contributed by atoms with Crippen molar-refractivity contribution < 1.29 is 22.5 Å². The zero-order valence-corrected chi connectivity index (χ0v) is 20.6. The quantitative estimate of drug-likeness (QED) is 0.544. The number of rotatable bonds is 3. The van der Waals surface area contributed by atoms with E-state index in [-0.39, 0.29) is 5.04 Å². The highest BCUT2D eigenvalue weighted by Crippen LogP contribution is 2.52. The molecular formula is C21H32BClF2O3Si. The van der Waals surface area contributed by atoms with Crippen LogP contribution in [0, 0.1) is 0 Å². The van der Waals surface area contributed by atoms with E-state index in [9.17, 15) is 0 Å². The number of fused-ring (bicyclic) bond motifs is 1. The summed E-state index contributed by atoms with van der Waals surface area (Å²) in [5.41, 5.74) is 0.382. The number of halogens is 3. The van der Waals surface area contributed by atoms with E-state index in [2.05, 4.69) is 0 Å². The molecule has 0 aromatic heterocycles. The van der Waals surface area contributed by atoms with Gasteiger partial charge in [0, 0.05) is 17.0 Å². The molecule has 3 rings (SSSR count). The van der Waals surface area contributed by atoms with Crippen LogP contribution in [0.2, 0.25) is 23.2 Å². The zero-order chi connectivity index (χ0) is 22.2. The van der Waals surface area contributed by atoms with Crippen LogP contribution in [0.1, 0.15) is 65.7 Å². The van der Waals surface area contributed by atoms with Crippen LogP contribution in [-0.2, 0) is 20.2 Å². The van der Waals surface area contributed by atoms with Crippen molar-refractivity contribution in [3.05, 3.63) is 28.3 Å². The van der Waals surface area contributed by atoms with Crippen molar-refractivity contribution >= 4 is 32.5 Å². The van der Waals surface area contributed by atoms with Gasteiger partial charge in [-0.2, -0.15) is 0 Å². The Labute approximate surface area is 179 Å². The summed E-state index contributed by atoms with van der Waals surface area (Å²) >= 11 is 6.45. The Morgan fingerprint density at radius 2 is 1.62 bits per heavy atom. The van der Waals surface area contributed by atoms with E-state index in [1.807, 2.05) is 61.6 Å². The van der Waals surface area contributed by atoms with Crippen molar-refractivity contribution in [3.63, 3.8) is 0 Å². The lowest BCUT2D eigenvalue weighted by Crippen LogP contribution is -2.44. The van der Waals surface area contributed by atoms with Crippen LogP contribution in [0.3, 0.4) is 0 Å². The van der Waals surface area contributed by atoms with Crippen molar-refractivity contribution in [1.82, 2.24) is 0 Å². The van der Waals surface area contributed by atoms with E-state index in [4.69, 9.17) is 25.3 Å². The molecule has 29 heavy (non-hydrogen) atoms. The molecule has 8 heteroatoms. The molecule has 1 aliphatic heterocycles. The van der Waals surface area contributed by atoms with Crippen LogP contribution in [0.15, 0.2) is 12.1 Å². The first-order valence-corrected chi connectivity index (χ1v) is 13.4. The molecule has 0 bridgehead atoms. The van der Waals surface area contributed by atoms with Gasteiger partial charge < -0.3 is 13.7 Å². The molecular weight excluding hydrogens is 413 g/mol. The Hall–Kier alpha value is -0.468. The highest BCUT2D eigenvalue weighted by Gasteiger charge is 2.57. The van der Waals surface area contributed by atoms with Gasteiger partial charge in [-0.25, -0.2) is 8.78 Å². The third kappa shape index (κ3) is 3.82. The summed E-state index contributed by atoms with van der Waals surface area (Å²) in [5.74, 6) is -3.04. The predicted molar refractivity (Wildman–Crippen MR) is 117 cm³/mol. The second-order valence-electron chi connectivity index (χ2n) is 10.8. The fourth-order valence-corrected chi connectivity index (χ4v) is 4.99. The van der Waals surface area contributed by atoms with E-state index in [0.717, 1.165) is 0 Å². The van der Waals surface area contributed by atoms with Crippen LogP contribution in [-0.4, -0.2) is 32.6 Å². The van der Waals surface area contributed by atoms with Crippen LogP contribution in [0.4, 0.5) is 8.78 Å². The lowest BCUT2D eigenvalue weighted by Gasteiger charge is -2.40. The number of hydrogen-bond acceptors (Lipinski definition) is 3. The lowest BCUT2D eigenvalue weighted by molar-refractivity contribution is -0.0900. The van der Waals surface area contributed by atoms with Crippen LogP contribution < -0.4 is 5.46 Å². The molecule has 1 aliphatic carbocycles. The average Bonchev–Trinajstić information content (AvgIpc) is 2.88. The number of alkyl halides is 2. The van der Waals surface area contributed by atoms with E-state index in [1.54, 1.807) is 12.1 Å². The topological polar surface area (TPSA) is 27.7 Å². The van der Waals surface area contributed by atoms with Crippen molar-refractivity contribution in [2.45, 2.75) is 96.2 Å². The second-order valence-corrected chi connectivity index (χ2v) is 16.0. The Morgan fingerprint density at radius 1 is 1.10 bits per heavy atom. The van der Waals surface area contributed by atoms with Crippen LogP contribution in [0.25, 0.3) is 0 Å². The minimum Gasteiger partial charge on any atom is -0.404 e. The molecule has 1 atom stereocenters. The maximum absolute atomic E-state index is 15.2. The van der Waals surface area contributed by atoms with Crippen LogP contribution in [0.5, 0.6) is 0 Å². The zero-order valence-electron chi connectivity index (χ0n) is 18.9. The number of benzene rings is 1. The molecule has 0 N–H and O–H groups in total. The third-order valence-electron chi connectivity index (χ3n) is 7.12. The van der Waals surface area contributed by atoms with Crippen molar-refractivity contribution in [3.8, 4) is 0 Å². The van der Waals surface area contributed by atoms with Gasteiger partial charge in [0.15, 0.2) is 8.32 Å². The monoisotopic (exact) mass is 444 g/mol. The first-order chi connectivity index (χ1) is 12.9. The van der Waals surface area contributed by atoms with E-state index < -0.39 is 45.1 Å². The molecule has 1 aromatic rings. The molecule has 0 saturated carbocycles. The Bertz CT molecular complexity index is 805. The molecule has 1 aromatic carbocycles. The largest absolute Gasteiger partial charge is 0.495 e. The molecule has 1 saturated heterocycles. The smallest absolute Gasteiger partial charge is 0.404 e. The molecule has 0 spiro atoms. The van der Waals surface area contributed by atoms with Gasteiger partial charge in [-0.3, -0.25) is 0 Å². The lowest BCUT2D eigenvalue weighted by atomic mass is 9.75. The van der Waals surface area contributed by atoms with E-state index >= 15 is 8.78 Å². The summed E-state index contributed by atoms with van der Waals surface area (Å²) in [6.45, 7) is 17.9. The summed E-state index contributed by atoms with van der Waals surface area (Å²) in [6.07, 6.45) is -1.78. The van der Waals surface area contributed by atoms with Gasteiger partial charge in [0.1, 0.15) is 6.10 Å². The molecule has 0 amide bonds. The van der Waals surface area contributed by atoms with Gasteiger partial charge in [0.2, 0.25) is 0 Å². The maximum atomic E-state index is 15.2. The minimum absolute atomic E-state index is 0.193. The van der Waals surface area contributed by atoms with Crippen molar-refractivity contribution in [2.24, 2.45) is 0 Å². The molecule has 3 nitrogen and oxygen atoms in total. The average molecular weight is 445 g/mol. The van der Waals surface area contributed by atoms with Gasteiger partial charge in [-0.05, 0) is 62.9 Å². The fourth-order valence-electron chi connectivity index (χ4n) is 3.48. The van der Waals surface area contributed by atoms with Crippen LogP contribution >= 0.6 is 11.6 Å². The molecule has 0 unspecified atom stereocenters. The SMILES string of the molecule is CC1(C)OB(c2ccc(Cl)c3c2CC(F)(F)[C@H]3O[Si](C)(C)C(C)(C)C)OC1(C)C. The third-order valence-corrected chi connectivity index (χ3v) is 11.9. The highest BCUT2D eigenvalue weighted by molar-refractivity contribution is 6.74. The van der Waals surface area contributed by atoms with Gasteiger partial charge in [-0.15, -0.1) is 0 Å². The van der Waals surface area contributed by atoms with Gasteiger partial charge in [-0.1, -0.05) is 38.4 Å². The standard InChI is InChI=1S/C21H32BClF2O3Si/c1-18(2,3)29(8,9)26-17-16-13(12-21(17,24)25)14(10-11-15(16)23)22-27-19(4,5)20(6,7)28-22/h10-11,17H,12H2,1-9H3/t17-/m0/s1. The second kappa shape index (κ2) is 6.76. The minimum atomic E-state index is -3.04. The fraction of sp³-hybridized carbons (Fsp3) is 0.714. The molecule has 0 radical (unpaired) electrons. The maximum Gasteiger partial charge on any atom is 0.495 e. The molecule has 1 heterocycles. The Balaban J connectivity index is 2.06. The summed E-state index contributed by atoms with van der Waals surface area (Å²) in [5, 5.41) is 0.114. The highest BCUT2D eigenvalue weighted by atomic mass is 35.5. The predicted octanol–water partition coefficient (Wildman–Crippen LogP) is 5.89. The molecule has 2 aliphatic rings. The molecule has 162 valence electrons.